The first-order chi connectivity index (χ1) is 15.7. The highest BCUT2D eigenvalue weighted by Crippen LogP contribution is 2.34. The van der Waals surface area contributed by atoms with Gasteiger partial charge >= 0.3 is 11.9 Å². The van der Waals surface area contributed by atoms with E-state index in [1.165, 1.54) is 0 Å². The Hall–Kier alpha value is -2.18. The second-order valence-electron chi connectivity index (χ2n) is 9.18. The summed E-state index contributed by atoms with van der Waals surface area (Å²) in [7, 11) is 0. The zero-order valence-electron chi connectivity index (χ0n) is 20.4. The first-order valence-electron chi connectivity index (χ1n) is 11.1. The van der Waals surface area contributed by atoms with E-state index in [2.05, 4.69) is 10.6 Å². The van der Waals surface area contributed by atoms with Crippen molar-refractivity contribution in [2.75, 3.05) is 25.4 Å². The van der Waals surface area contributed by atoms with Crippen molar-refractivity contribution in [1.29, 1.82) is 0 Å². The van der Waals surface area contributed by atoms with Crippen LogP contribution in [0.1, 0.15) is 60.3 Å². The first-order valence-corrected chi connectivity index (χ1v) is 12.1. The van der Waals surface area contributed by atoms with Gasteiger partial charge in [0.2, 0.25) is 11.8 Å². The normalized spacial score (nSPS) is 19.5. The minimum atomic E-state index is -1.10. The van der Waals surface area contributed by atoms with E-state index in [4.69, 9.17) is 19.3 Å². The Labute approximate surface area is 204 Å². The van der Waals surface area contributed by atoms with E-state index in [0.717, 1.165) is 11.8 Å². The molecule has 0 aliphatic carbocycles. The van der Waals surface area contributed by atoms with Gasteiger partial charge in [0.25, 0.3) is 0 Å². The molecule has 0 aromatic rings. The summed E-state index contributed by atoms with van der Waals surface area (Å²) in [6, 6.07) is 0. The molecule has 0 spiro atoms. The number of thioether (sulfide) groups is 1. The van der Waals surface area contributed by atoms with Gasteiger partial charge in [0.1, 0.15) is 12.2 Å². The standard InChI is InChI=1S/C22H36N2O9S/c1-14(32-17(28)7-6-16(26)27)12-18(29)34-11-10-23-15(25)8-9-24-20(30)19-21(2,3)13-31-22(4,5)33-19/h14,19H,6-13H2,1-5H3,(H,23,25)(H,24,30)(H,26,27)/t14-,19+/m1/s1. The Bertz CT molecular complexity index is 755. The molecule has 1 aliphatic heterocycles. The van der Waals surface area contributed by atoms with Gasteiger partial charge in [-0.2, -0.15) is 0 Å². The molecule has 0 aromatic carbocycles. The number of ether oxygens (including phenoxy) is 3. The fourth-order valence-corrected chi connectivity index (χ4v) is 3.77. The molecule has 1 saturated heterocycles. The van der Waals surface area contributed by atoms with Gasteiger partial charge in [-0.1, -0.05) is 25.6 Å². The molecule has 0 saturated carbocycles. The van der Waals surface area contributed by atoms with E-state index in [-0.39, 0.29) is 55.7 Å². The van der Waals surface area contributed by atoms with Crippen molar-refractivity contribution in [2.45, 2.75) is 78.3 Å². The highest BCUT2D eigenvalue weighted by atomic mass is 32.2. The highest BCUT2D eigenvalue weighted by molar-refractivity contribution is 8.13. The molecular weight excluding hydrogens is 468 g/mol. The minimum Gasteiger partial charge on any atom is -0.481 e. The molecule has 0 radical (unpaired) electrons. The van der Waals surface area contributed by atoms with Gasteiger partial charge in [0.05, 0.1) is 25.9 Å². The Kier molecular flexibility index (Phi) is 12.0. The van der Waals surface area contributed by atoms with Gasteiger partial charge in [-0.15, -0.1) is 0 Å². The smallest absolute Gasteiger partial charge is 0.306 e. The summed E-state index contributed by atoms with van der Waals surface area (Å²) in [5, 5.41) is 13.7. The maximum absolute atomic E-state index is 12.5. The predicted octanol–water partition coefficient (Wildman–Crippen LogP) is 1.23. The van der Waals surface area contributed by atoms with Crippen molar-refractivity contribution in [3.05, 3.63) is 0 Å². The van der Waals surface area contributed by atoms with E-state index in [0.29, 0.717) is 12.4 Å². The summed E-state index contributed by atoms with van der Waals surface area (Å²) in [4.78, 5) is 58.3. The molecule has 194 valence electrons. The molecule has 1 aliphatic rings. The van der Waals surface area contributed by atoms with Crippen molar-refractivity contribution in [2.24, 2.45) is 5.41 Å². The fraction of sp³-hybridized carbons (Fsp3) is 0.773. The summed E-state index contributed by atoms with van der Waals surface area (Å²) < 4.78 is 16.3. The SMILES string of the molecule is C[C@H](CC(=O)SCCNC(=O)CCNC(=O)[C@@H]1OC(C)(C)OCC1(C)C)OC(=O)CCC(=O)O. The number of carbonyl (C=O) groups excluding carboxylic acids is 4. The number of carboxylic acids is 1. The zero-order valence-corrected chi connectivity index (χ0v) is 21.2. The highest BCUT2D eigenvalue weighted by Gasteiger charge is 2.45. The number of esters is 1. The lowest BCUT2D eigenvalue weighted by Crippen LogP contribution is -2.56. The topological polar surface area (TPSA) is 157 Å². The van der Waals surface area contributed by atoms with Crippen molar-refractivity contribution in [3.63, 3.8) is 0 Å². The molecule has 1 rings (SSSR count). The van der Waals surface area contributed by atoms with Crippen LogP contribution in [0, 0.1) is 5.41 Å². The van der Waals surface area contributed by atoms with Gasteiger partial charge in [-0.25, -0.2) is 0 Å². The molecule has 2 amide bonds. The molecule has 0 aromatic heterocycles. The average Bonchev–Trinajstić information content (AvgIpc) is 2.71. The summed E-state index contributed by atoms with van der Waals surface area (Å²) in [5.74, 6) is -2.83. The molecule has 0 bridgehead atoms. The Morgan fingerprint density at radius 1 is 1.06 bits per heavy atom. The number of hydrogen-bond acceptors (Lipinski definition) is 9. The van der Waals surface area contributed by atoms with Gasteiger partial charge in [-0.05, 0) is 20.8 Å². The summed E-state index contributed by atoms with van der Waals surface area (Å²) in [5.41, 5.74) is -0.500. The third-order valence-corrected chi connectivity index (χ3v) is 5.71. The monoisotopic (exact) mass is 504 g/mol. The molecule has 2 atom stereocenters. The van der Waals surface area contributed by atoms with Crippen LogP contribution in [-0.4, -0.2) is 77.4 Å². The lowest BCUT2D eigenvalue weighted by atomic mass is 9.85. The fourth-order valence-electron chi connectivity index (χ4n) is 2.98. The lowest BCUT2D eigenvalue weighted by molar-refractivity contribution is -0.304. The average molecular weight is 505 g/mol. The van der Waals surface area contributed by atoms with Gasteiger partial charge in [-0.3, -0.25) is 24.0 Å². The molecule has 12 heteroatoms. The quantitative estimate of drug-likeness (QED) is 0.246. The molecule has 34 heavy (non-hydrogen) atoms. The number of hydrogen-bond donors (Lipinski definition) is 3. The van der Waals surface area contributed by atoms with Crippen LogP contribution in [0.3, 0.4) is 0 Å². The van der Waals surface area contributed by atoms with E-state index in [1.807, 2.05) is 13.8 Å². The second kappa shape index (κ2) is 13.6. The summed E-state index contributed by atoms with van der Waals surface area (Å²) in [6.07, 6.45) is -1.84. The number of nitrogens with one attached hydrogen (secondary N) is 2. The zero-order chi connectivity index (χ0) is 25.9. The summed E-state index contributed by atoms with van der Waals surface area (Å²) >= 11 is 1.00. The molecule has 1 fully saturated rings. The van der Waals surface area contributed by atoms with Crippen LogP contribution in [-0.2, 0) is 38.2 Å². The molecular formula is C22H36N2O9S. The predicted molar refractivity (Wildman–Crippen MR) is 124 cm³/mol. The van der Waals surface area contributed by atoms with Crippen molar-refractivity contribution < 1.29 is 43.3 Å². The van der Waals surface area contributed by atoms with E-state index in [1.54, 1.807) is 20.8 Å². The minimum absolute atomic E-state index is 0.00904. The molecule has 0 unspecified atom stereocenters. The summed E-state index contributed by atoms with van der Waals surface area (Å²) in [6.45, 7) is 9.59. The van der Waals surface area contributed by atoms with Gasteiger partial charge in [0, 0.05) is 30.7 Å². The lowest BCUT2D eigenvalue weighted by Gasteiger charge is -2.44. The molecule has 11 nitrogen and oxygen atoms in total. The van der Waals surface area contributed by atoms with Gasteiger partial charge in [0.15, 0.2) is 10.9 Å². The Balaban J connectivity index is 2.19. The van der Waals surface area contributed by atoms with Crippen LogP contribution < -0.4 is 10.6 Å². The van der Waals surface area contributed by atoms with Crippen molar-refractivity contribution in [1.82, 2.24) is 10.6 Å². The van der Waals surface area contributed by atoms with Crippen LogP contribution in [0.25, 0.3) is 0 Å². The maximum Gasteiger partial charge on any atom is 0.306 e. The van der Waals surface area contributed by atoms with Crippen molar-refractivity contribution >= 4 is 40.6 Å². The van der Waals surface area contributed by atoms with Crippen LogP contribution >= 0.6 is 11.8 Å². The number of carboxylic acid groups (broad SMARTS) is 1. The number of carbonyl (C=O) groups is 5. The van der Waals surface area contributed by atoms with Crippen LogP contribution in [0.4, 0.5) is 0 Å². The van der Waals surface area contributed by atoms with E-state index in [9.17, 15) is 24.0 Å². The van der Waals surface area contributed by atoms with Crippen LogP contribution in [0.5, 0.6) is 0 Å². The largest absolute Gasteiger partial charge is 0.481 e. The number of aliphatic carboxylic acids is 1. The Morgan fingerprint density at radius 3 is 2.38 bits per heavy atom. The van der Waals surface area contributed by atoms with E-state index >= 15 is 0 Å². The maximum atomic E-state index is 12.5. The second-order valence-corrected chi connectivity index (χ2v) is 10.3. The Morgan fingerprint density at radius 2 is 1.74 bits per heavy atom. The molecule has 1 heterocycles. The number of amides is 2. The molecule has 3 N–H and O–H groups in total. The first kappa shape index (κ1) is 29.9. The van der Waals surface area contributed by atoms with Gasteiger partial charge < -0.3 is 30.0 Å². The van der Waals surface area contributed by atoms with Crippen molar-refractivity contribution in [3.8, 4) is 0 Å². The van der Waals surface area contributed by atoms with Crippen LogP contribution in [0.15, 0.2) is 0 Å². The third kappa shape index (κ3) is 11.8. The number of rotatable bonds is 13. The van der Waals surface area contributed by atoms with E-state index < -0.39 is 35.3 Å². The van der Waals surface area contributed by atoms with Crippen LogP contribution in [0.2, 0.25) is 0 Å². The third-order valence-electron chi connectivity index (χ3n) is 4.81.